The van der Waals surface area contributed by atoms with E-state index in [0.717, 1.165) is 0 Å². The molecule has 0 amide bonds. The summed E-state index contributed by atoms with van der Waals surface area (Å²) in [6.07, 6.45) is 0.0574. The summed E-state index contributed by atoms with van der Waals surface area (Å²) < 4.78 is 28.1. The highest BCUT2D eigenvalue weighted by molar-refractivity contribution is 7.91. The monoisotopic (exact) mass is 285 g/mol. The summed E-state index contributed by atoms with van der Waals surface area (Å²) in [5.41, 5.74) is -0.926. The third-order valence-corrected chi connectivity index (χ3v) is 4.93. The molecule has 0 spiro atoms. The Kier molecular flexibility index (Phi) is 3.40. The zero-order chi connectivity index (χ0) is 14.1. The van der Waals surface area contributed by atoms with Gasteiger partial charge in [-0.05, 0) is 18.6 Å². The smallest absolute Gasteiger partial charge is 0.330 e. The van der Waals surface area contributed by atoms with E-state index in [1.807, 2.05) is 0 Å². The van der Waals surface area contributed by atoms with Gasteiger partial charge < -0.3 is 15.2 Å². The van der Waals surface area contributed by atoms with Crippen LogP contribution in [0.1, 0.15) is 6.42 Å². The van der Waals surface area contributed by atoms with Gasteiger partial charge in [0.15, 0.2) is 15.4 Å². The van der Waals surface area contributed by atoms with Crippen molar-refractivity contribution in [2.75, 3.05) is 23.9 Å². The Balaban J connectivity index is 2.30. The first kappa shape index (κ1) is 13.7. The fraction of sp³-hybridized carbons (Fsp3) is 0.417. The molecule has 0 saturated carbocycles. The first-order chi connectivity index (χ1) is 8.87. The van der Waals surface area contributed by atoms with Crippen molar-refractivity contribution in [3.8, 4) is 5.75 Å². The molecule has 1 unspecified atom stereocenters. The standard InChI is InChI=1S/C12H15NO5S/c1-18-10-4-2-3-9(7-10)13-12(11(14)15)5-6-19(16,17)8-12/h2-4,7,13H,5-6,8H2,1H3,(H,14,15). The van der Waals surface area contributed by atoms with Gasteiger partial charge in [0, 0.05) is 11.8 Å². The Bertz CT molecular complexity index is 598. The van der Waals surface area contributed by atoms with Gasteiger partial charge in [0.2, 0.25) is 0 Å². The molecule has 2 N–H and O–H groups in total. The van der Waals surface area contributed by atoms with Crippen LogP contribution < -0.4 is 10.1 Å². The van der Waals surface area contributed by atoms with Crippen molar-refractivity contribution in [1.29, 1.82) is 0 Å². The van der Waals surface area contributed by atoms with Gasteiger partial charge in [-0.2, -0.15) is 0 Å². The Morgan fingerprint density at radius 2 is 2.21 bits per heavy atom. The molecule has 0 bridgehead atoms. The van der Waals surface area contributed by atoms with E-state index in [9.17, 15) is 18.3 Å². The largest absolute Gasteiger partial charge is 0.497 e. The van der Waals surface area contributed by atoms with Crippen molar-refractivity contribution >= 4 is 21.5 Å². The second kappa shape index (κ2) is 4.73. The molecule has 6 nitrogen and oxygen atoms in total. The van der Waals surface area contributed by atoms with E-state index in [-0.39, 0.29) is 12.2 Å². The van der Waals surface area contributed by atoms with Gasteiger partial charge in [0.05, 0.1) is 18.6 Å². The van der Waals surface area contributed by atoms with E-state index < -0.39 is 27.1 Å². The molecule has 0 aromatic heterocycles. The lowest BCUT2D eigenvalue weighted by atomic mass is 9.99. The fourth-order valence-corrected chi connectivity index (χ4v) is 4.04. The van der Waals surface area contributed by atoms with Crippen LogP contribution in [0, 0.1) is 0 Å². The molecule has 1 aliphatic heterocycles. The summed E-state index contributed by atoms with van der Waals surface area (Å²) in [5.74, 6) is -1.09. The van der Waals surface area contributed by atoms with Gasteiger partial charge in [-0.15, -0.1) is 0 Å². The number of hydrogen-bond donors (Lipinski definition) is 2. The van der Waals surface area contributed by atoms with Gasteiger partial charge in [-0.1, -0.05) is 6.07 Å². The number of ether oxygens (including phenoxy) is 1. The van der Waals surface area contributed by atoms with Crippen molar-refractivity contribution in [3.63, 3.8) is 0 Å². The Hall–Kier alpha value is -1.76. The number of nitrogens with one attached hydrogen (secondary N) is 1. The van der Waals surface area contributed by atoms with E-state index >= 15 is 0 Å². The lowest BCUT2D eigenvalue weighted by Gasteiger charge is -2.25. The highest BCUT2D eigenvalue weighted by Crippen LogP contribution is 2.29. The molecule has 1 atom stereocenters. The van der Waals surface area contributed by atoms with Crippen LogP contribution in [0.4, 0.5) is 5.69 Å². The van der Waals surface area contributed by atoms with Crippen LogP contribution in [0.25, 0.3) is 0 Å². The second-order valence-corrected chi connectivity index (χ2v) is 6.77. The van der Waals surface area contributed by atoms with Gasteiger partial charge >= 0.3 is 5.97 Å². The lowest BCUT2D eigenvalue weighted by molar-refractivity contribution is -0.141. The van der Waals surface area contributed by atoms with E-state index in [2.05, 4.69) is 5.32 Å². The molecule has 1 fully saturated rings. The SMILES string of the molecule is COc1cccc(NC2(C(=O)O)CCS(=O)(=O)C2)c1. The van der Waals surface area contributed by atoms with Gasteiger partial charge in [-0.3, -0.25) is 0 Å². The Morgan fingerprint density at radius 1 is 1.47 bits per heavy atom. The first-order valence-electron chi connectivity index (χ1n) is 5.73. The molecular formula is C12H15NO5S. The zero-order valence-corrected chi connectivity index (χ0v) is 11.2. The maximum Gasteiger partial charge on any atom is 0.330 e. The number of rotatable bonds is 4. The molecule has 1 aliphatic rings. The van der Waals surface area contributed by atoms with E-state index in [1.54, 1.807) is 24.3 Å². The van der Waals surface area contributed by atoms with Crippen LogP contribution in [0.2, 0.25) is 0 Å². The molecule has 0 radical (unpaired) electrons. The number of aliphatic carboxylic acids is 1. The number of carboxylic acids is 1. The predicted octanol–water partition coefficient (Wildman–Crippen LogP) is 0.749. The van der Waals surface area contributed by atoms with Gasteiger partial charge in [-0.25, -0.2) is 13.2 Å². The van der Waals surface area contributed by atoms with Crippen molar-refractivity contribution in [1.82, 2.24) is 0 Å². The molecule has 1 heterocycles. The highest BCUT2D eigenvalue weighted by atomic mass is 32.2. The van der Waals surface area contributed by atoms with Crippen LogP contribution in [-0.4, -0.2) is 43.6 Å². The summed E-state index contributed by atoms with van der Waals surface area (Å²) >= 11 is 0. The third kappa shape index (κ3) is 2.81. The lowest BCUT2D eigenvalue weighted by Crippen LogP contribution is -2.47. The van der Waals surface area contributed by atoms with E-state index in [4.69, 9.17) is 4.74 Å². The molecule has 19 heavy (non-hydrogen) atoms. The average Bonchev–Trinajstić information content (AvgIpc) is 2.66. The van der Waals surface area contributed by atoms with Crippen LogP contribution in [-0.2, 0) is 14.6 Å². The molecular weight excluding hydrogens is 270 g/mol. The molecule has 1 aromatic rings. The number of benzene rings is 1. The van der Waals surface area contributed by atoms with Crippen molar-refractivity contribution in [3.05, 3.63) is 24.3 Å². The molecule has 7 heteroatoms. The number of sulfone groups is 1. The van der Waals surface area contributed by atoms with Crippen molar-refractivity contribution in [2.24, 2.45) is 0 Å². The van der Waals surface area contributed by atoms with Crippen molar-refractivity contribution in [2.45, 2.75) is 12.0 Å². The number of methoxy groups -OCH3 is 1. The Labute approximate surface area is 111 Å². The topological polar surface area (TPSA) is 92.7 Å². The Morgan fingerprint density at radius 3 is 2.74 bits per heavy atom. The zero-order valence-electron chi connectivity index (χ0n) is 10.4. The van der Waals surface area contributed by atoms with Gasteiger partial charge in [0.1, 0.15) is 5.75 Å². The minimum Gasteiger partial charge on any atom is -0.497 e. The fourth-order valence-electron chi connectivity index (χ4n) is 2.15. The first-order valence-corrected chi connectivity index (χ1v) is 7.55. The number of carbonyl (C=O) groups is 1. The van der Waals surface area contributed by atoms with E-state index in [0.29, 0.717) is 11.4 Å². The third-order valence-electron chi connectivity index (χ3n) is 3.17. The quantitative estimate of drug-likeness (QED) is 0.848. The molecule has 1 saturated heterocycles. The summed E-state index contributed by atoms with van der Waals surface area (Å²) in [5, 5.41) is 12.2. The normalized spacial score (nSPS) is 24.9. The summed E-state index contributed by atoms with van der Waals surface area (Å²) in [7, 11) is -1.80. The van der Waals surface area contributed by atoms with Crippen LogP contribution >= 0.6 is 0 Å². The summed E-state index contributed by atoms with van der Waals surface area (Å²) in [6, 6.07) is 6.75. The number of hydrogen-bond acceptors (Lipinski definition) is 5. The van der Waals surface area contributed by atoms with Crippen LogP contribution in [0.5, 0.6) is 5.75 Å². The van der Waals surface area contributed by atoms with E-state index in [1.165, 1.54) is 7.11 Å². The molecule has 1 aromatic carbocycles. The maximum absolute atomic E-state index is 11.5. The highest BCUT2D eigenvalue weighted by Gasteiger charge is 2.48. The minimum atomic E-state index is -3.31. The van der Waals surface area contributed by atoms with Gasteiger partial charge in [0.25, 0.3) is 0 Å². The van der Waals surface area contributed by atoms with Crippen LogP contribution in [0.15, 0.2) is 24.3 Å². The number of carboxylic acid groups (broad SMARTS) is 1. The molecule has 0 aliphatic carbocycles. The van der Waals surface area contributed by atoms with Crippen LogP contribution in [0.3, 0.4) is 0 Å². The van der Waals surface area contributed by atoms with Crippen molar-refractivity contribution < 1.29 is 23.1 Å². The minimum absolute atomic E-state index is 0.0574. The summed E-state index contributed by atoms with van der Waals surface area (Å²) in [4.78, 5) is 11.4. The number of anilines is 1. The molecule has 2 rings (SSSR count). The summed E-state index contributed by atoms with van der Waals surface area (Å²) in [6.45, 7) is 0. The molecule has 104 valence electrons. The predicted molar refractivity (Wildman–Crippen MR) is 70.3 cm³/mol. The maximum atomic E-state index is 11.5. The second-order valence-electron chi connectivity index (χ2n) is 4.59. The average molecular weight is 285 g/mol.